The first-order valence-electron chi connectivity index (χ1n) is 7.50. The van der Waals surface area contributed by atoms with E-state index in [0.29, 0.717) is 0 Å². The SMILES string of the molecule is COc1ccc(/C=N/Nc2ccc([N+](=O)[O-])cc2[N+](=O)[O-])c(C(=O)O)c1OC. The number of anilines is 1. The second-order valence-corrected chi connectivity index (χ2v) is 5.16. The lowest BCUT2D eigenvalue weighted by molar-refractivity contribution is -0.393. The maximum Gasteiger partial charge on any atom is 0.340 e. The average molecular weight is 390 g/mol. The summed E-state index contributed by atoms with van der Waals surface area (Å²) in [6.07, 6.45) is 1.12. The van der Waals surface area contributed by atoms with Crippen molar-refractivity contribution in [2.24, 2.45) is 5.10 Å². The summed E-state index contributed by atoms with van der Waals surface area (Å²) in [5.41, 5.74) is 1.19. The van der Waals surface area contributed by atoms with Crippen molar-refractivity contribution in [1.29, 1.82) is 0 Å². The lowest BCUT2D eigenvalue weighted by atomic mass is 10.1. The molecular formula is C16H14N4O8. The Morgan fingerprint density at radius 2 is 1.86 bits per heavy atom. The number of nitro benzene ring substituents is 2. The van der Waals surface area contributed by atoms with Crippen molar-refractivity contribution in [2.75, 3.05) is 19.6 Å². The Morgan fingerprint density at radius 3 is 2.39 bits per heavy atom. The molecular weight excluding hydrogens is 376 g/mol. The molecule has 0 aliphatic rings. The van der Waals surface area contributed by atoms with Crippen molar-refractivity contribution < 1.29 is 29.2 Å². The molecule has 0 aromatic heterocycles. The van der Waals surface area contributed by atoms with Gasteiger partial charge in [-0.3, -0.25) is 25.7 Å². The van der Waals surface area contributed by atoms with E-state index in [1.165, 1.54) is 26.4 Å². The largest absolute Gasteiger partial charge is 0.493 e. The Kier molecular flexibility index (Phi) is 6.06. The number of carboxylic acids is 1. The van der Waals surface area contributed by atoms with E-state index in [9.17, 15) is 30.1 Å². The van der Waals surface area contributed by atoms with Crippen LogP contribution in [0.5, 0.6) is 11.5 Å². The van der Waals surface area contributed by atoms with E-state index >= 15 is 0 Å². The Hall–Kier alpha value is -4.22. The van der Waals surface area contributed by atoms with E-state index in [2.05, 4.69) is 10.5 Å². The van der Waals surface area contributed by atoms with E-state index < -0.39 is 27.2 Å². The van der Waals surface area contributed by atoms with Gasteiger partial charge in [0.1, 0.15) is 11.3 Å². The van der Waals surface area contributed by atoms with Gasteiger partial charge < -0.3 is 14.6 Å². The maximum absolute atomic E-state index is 11.6. The van der Waals surface area contributed by atoms with Crippen LogP contribution in [0.3, 0.4) is 0 Å². The van der Waals surface area contributed by atoms with Gasteiger partial charge in [-0.25, -0.2) is 4.79 Å². The van der Waals surface area contributed by atoms with Crippen LogP contribution in [0.4, 0.5) is 17.1 Å². The quantitative estimate of drug-likeness (QED) is 0.391. The maximum atomic E-state index is 11.6. The van der Waals surface area contributed by atoms with E-state index in [1.807, 2.05) is 0 Å². The molecule has 0 fully saturated rings. The number of nitro groups is 2. The molecule has 0 saturated heterocycles. The number of rotatable bonds is 8. The molecule has 146 valence electrons. The first-order chi connectivity index (χ1) is 13.3. The van der Waals surface area contributed by atoms with Crippen molar-refractivity contribution in [1.82, 2.24) is 0 Å². The number of ether oxygens (including phenoxy) is 2. The third kappa shape index (κ3) is 4.12. The molecule has 0 heterocycles. The molecule has 12 heteroatoms. The fraction of sp³-hybridized carbons (Fsp3) is 0.125. The minimum Gasteiger partial charge on any atom is -0.493 e. The highest BCUT2D eigenvalue weighted by Crippen LogP contribution is 2.33. The fourth-order valence-electron chi connectivity index (χ4n) is 2.32. The Bertz CT molecular complexity index is 973. The topological polar surface area (TPSA) is 166 Å². The molecule has 0 radical (unpaired) electrons. The summed E-state index contributed by atoms with van der Waals surface area (Å²) in [5, 5.41) is 35.1. The van der Waals surface area contributed by atoms with Gasteiger partial charge in [-0.2, -0.15) is 5.10 Å². The summed E-state index contributed by atoms with van der Waals surface area (Å²) in [7, 11) is 2.64. The van der Waals surface area contributed by atoms with Crippen molar-refractivity contribution in [3.8, 4) is 11.5 Å². The van der Waals surface area contributed by atoms with Crippen LogP contribution in [0, 0.1) is 20.2 Å². The summed E-state index contributed by atoms with van der Waals surface area (Å²) in [4.78, 5) is 31.9. The van der Waals surface area contributed by atoms with Crippen LogP contribution < -0.4 is 14.9 Å². The molecule has 28 heavy (non-hydrogen) atoms. The lowest BCUT2D eigenvalue weighted by Gasteiger charge is -2.12. The van der Waals surface area contributed by atoms with Crippen molar-refractivity contribution in [3.05, 3.63) is 61.7 Å². The first kappa shape index (κ1) is 20.1. The number of hydrazone groups is 1. The number of nitrogens with zero attached hydrogens (tertiary/aromatic N) is 3. The molecule has 0 saturated carbocycles. The summed E-state index contributed by atoms with van der Waals surface area (Å²) >= 11 is 0. The number of hydrogen-bond acceptors (Lipinski definition) is 9. The molecule has 2 aromatic carbocycles. The van der Waals surface area contributed by atoms with E-state index in [1.54, 1.807) is 0 Å². The second-order valence-electron chi connectivity index (χ2n) is 5.16. The van der Waals surface area contributed by atoms with Crippen molar-refractivity contribution in [3.63, 3.8) is 0 Å². The van der Waals surface area contributed by atoms with Crippen LogP contribution >= 0.6 is 0 Å². The van der Waals surface area contributed by atoms with Gasteiger partial charge in [-0.1, -0.05) is 0 Å². The normalized spacial score (nSPS) is 10.5. The highest BCUT2D eigenvalue weighted by molar-refractivity contribution is 6.02. The lowest BCUT2D eigenvalue weighted by Crippen LogP contribution is -2.07. The number of aromatic carboxylic acids is 1. The number of non-ortho nitro benzene ring substituents is 1. The van der Waals surface area contributed by atoms with E-state index in [4.69, 9.17) is 9.47 Å². The number of hydrogen-bond donors (Lipinski definition) is 2. The Balaban J connectivity index is 2.39. The number of carbonyl (C=O) groups is 1. The Labute approximate surface area is 157 Å². The number of carboxylic acid groups (broad SMARTS) is 1. The molecule has 0 bridgehead atoms. The van der Waals surface area contributed by atoms with Crippen LogP contribution in [0.1, 0.15) is 15.9 Å². The highest BCUT2D eigenvalue weighted by Gasteiger charge is 2.21. The standard InChI is InChI=1S/C16H14N4O8/c1-27-13-6-3-9(14(16(21)22)15(13)28-2)8-17-18-11-5-4-10(19(23)24)7-12(11)20(25)26/h3-8,18H,1-2H3,(H,21,22)/b17-8+. The molecule has 2 rings (SSSR count). The molecule has 0 aliphatic carbocycles. The van der Waals surface area contributed by atoms with Gasteiger partial charge >= 0.3 is 11.7 Å². The number of benzene rings is 2. The molecule has 0 unspecified atom stereocenters. The molecule has 12 nitrogen and oxygen atoms in total. The van der Waals surface area contributed by atoms with E-state index in [-0.39, 0.29) is 28.3 Å². The van der Waals surface area contributed by atoms with Gasteiger partial charge in [-0.05, 0) is 18.2 Å². The highest BCUT2D eigenvalue weighted by atomic mass is 16.6. The van der Waals surface area contributed by atoms with Gasteiger partial charge in [0.2, 0.25) is 0 Å². The third-order valence-electron chi connectivity index (χ3n) is 3.57. The van der Waals surface area contributed by atoms with Crippen LogP contribution in [0.15, 0.2) is 35.4 Å². The average Bonchev–Trinajstić information content (AvgIpc) is 2.66. The number of nitrogens with one attached hydrogen (secondary N) is 1. The van der Waals surface area contributed by atoms with Crippen molar-refractivity contribution in [2.45, 2.75) is 0 Å². The number of methoxy groups -OCH3 is 2. The smallest absolute Gasteiger partial charge is 0.340 e. The summed E-state index contributed by atoms with van der Waals surface area (Å²) in [6, 6.07) is 5.88. The zero-order valence-electron chi connectivity index (χ0n) is 14.6. The predicted molar refractivity (Wildman–Crippen MR) is 97.5 cm³/mol. The summed E-state index contributed by atoms with van der Waals surface area (Å²) in [6.45, 7) is 0. The molecule has 2 N–H and O–H groups in total. The molecule has 0 atom stereocenters. The molecule has 0 aliphatic heterocycles. The van der Waals surface area contributed by atoms with Gasteiger partial charge in [0.25, 0.3) is 5.69 Å². The summed E-state index contributed by atoms with van der Waals surface area (Å²) in [5.74, 6) is -1.10. The van der Waals surface area contributed by atoms with Gasteiger partial charge in [0, 0.05) is 11.6 Å². The van der Waals surface area contributed by atoms with Gasteiger partial charge in [0.15, 0.2) is 11.5 Å². The van der Waals surface area contributed by atoms with Crippen LogP contribution in [0.2, 0.25) is 0 Å². The van der Waals surface area contributed by atoms with Crippen LogP contribution in [-0.4, -0.2) is 41.4 Å². The van der Waals surface area contributed by atoms with Gasteiger partial charge in [-0.15, -0.1) is 0 Å². The second kappa shape index (κ2) is 8.44. The van der Waals surface area contributed by atoms with Crippen molar-refractivity contribution >= 4 is 29.2 Å². The minimum absolute atomic E-state index is 0.0136. The van der Waals surface area contributed by atoms with E-state index in [0.717, 1.165) is 24.4 Å². The minimum atomic E-state index is -1.29. The molecule has 0 amide bonds. The zero-order chi connectivity index (χ0) is 20.8. The van der Waals surface area contributed by atoms with Crippen LogP contribution in [0.25, 0.3) is 0 Å². The predicted octanol–water partition coefficient (Wildman–Crippen LogP) is 2.66. The third-order valence-corrected chi connectivity index (χ3v) is 3.57. The molecule has 2 aromatic rings. The molecule has 0 spiro atoms. The zero-order valence-corrected chi connectivity index (χ0v) is 14.6. The first-order valence-corrected chi connectivity index (χ1v) is 7.50. The fourth-order valence-corrected chi connectivity index (χ4v) is 2.32. The monoisotopic (exact) mass is 390 g/mol. The Morgan fingerprint density at radius 1 is 1.14 bits per heavy atom. The van der Waals surface area contributed by atoms with Crippen LogP contribution in [-0.2, 0) is 0 Å². The summed E-state index contributed by atoms with van der Waals surface area (Å²) < 4.78 is 10.1. The van der Waals surface area contributed by atoms with Gasteiger partial charge in [0.05, 0.1) is 36.3 Å².